The second-order valence-electron chi connectivity index (χ2n) is 6.39. The third-order valence-corrected chi connectivity index (χ3v) is 5.83. The first-order valence-electron chi connectivity index (χ1n) is 7.96. The Morgan fingerprint density at radius 3 is 2.62 bits per heavy atom. The van der Waals surface area contributed by atoms with E-state index < -0.39 is 10.0 Å². The van der Waals surface area contributed by atoms with Gasteiger partial charge in [0, 0.05) is 36.6 Å². The molecule has 1 atom stereocenters. The first-order chi connectivity index (χ1) is 9.99. The Morgan fingerprint density at radius 1 is 1.33 bits per heavy atom. The van der Waals surface area contributed by atoms with Crippen LogP contribution in [0.4, 0.5) is 0 Å². The van der Waals surface area contributed by atoms with Gasteiger partial charge in [-0.2, -0.15) is 0 Å². The van der Waals surface area contributed by atoms with E-state index in [0.29, 0.717) is 17.0 Å². The van der Waals surface area contributed by atoms with E-state index >= 15 is 0 Å². The molecule has 1 aromatic rings. The zero-order valence-corrected chi connectivity index (χ0v) is 13.6. The Bertz CT molecular complexity index is 600. The number of nitrogens with one attached hydrogen (secondary N) is 2. The molecular weight excluding hydrogens is 286 g/mol. The monoisotopic (exact) mass is 311 g/mol. The fourth-order valence-corrected chi connectivity index (χ4v) is 3.81. The van der Waals surface area contributed by atoms with E-state index in [0.717, 1.165) is 31.5 Å². The summed E-state index contributed by atoms with van der Waals surface area (Å²) in [5, 5.41) is 3.48. The van der Waals surface area contributed by atoms with Crippen LogP contribution in [-0.4, -0.2) is 25.1 Å². The second-order valence-corrected chi connectivity index (χ2v) is 8.11. The third kappa shape index (κ3) is 3.67. The van der Waals surface area contributed by atoms with E-state index in [4.69, 9.17) is 0 Å². The summed E-state index contributed by atoms with van der Waals surface area (Å²) < 4.78 is 29.7. The van der Waals surface area contributed by atoms with Crippen molar-refractivity contribution in [2.75, 3.05) is 0 Å². The third-order valence-electron chi connectivity index (χ3n) is 4.28. The molecule has 2 N–H and O–H groups in total. The molecule has 5 nitrogen and oxygen atoms in total. The molecule has 0 aliphatic heterocycles. The minimum absolute atomic E-state index is 0.0349. The molecule has 1 heterocycles. The highest BCUT2D eigenvalue weighted by atomic mass is 32.2. The van der Waals surface area contributed by atoms with E-state index in [1.165, 1.54) is 12.8 Å². The van der Waals surface area contributed by atoms with Crippen molar-refractivity contribution in [2.45, 2.75) is 75.5 Å². The number of hydrogen-bond acceptors (Lipinski definition) is 3. The smallest absolute Gasteiger partial charge is 0.242 e. The lowest BCUT2D eigenvalue weighted by Crippen LogP contribution is -2.31. The summed E-state index contributed by atoms with van der Waals surface area (Å²) in [5.74, 6) is 0. The lowest BCUT2D eigenvalue weighted by molar-refractivity contribution is 0.555. The molecule has 2 fully saturated rings. The van der Waals surface area contributed by atoms with Crippen molar-refractivity contribution in [1.82, 2.24) is 14.6 Å². The highest BCUT2D eigenvalue weighted by Crippen LogP contribution is 2.37. The van der Waals surface area contributed by atoms with Crippen LogP contribution < -0.4 is 10.0 Å². The van der Waals surface area contributed by atoms with Crippen LogP contribution in [0.3, 0.4) is 0 Å². The average molecular weight is 311 g/mol. The molecule has 0 saturated heterocycles. The lowest BCUT2D eigenvalue weighted by Gasteiger charge is -2.10. The lowest BCUT2D eigenvalue weighted by atomic mass is 10.3. The molecule has 0 aromatic carbocycles. The maximum absolute atomic E-state index is 12.4. The zero-order valence-electron chi connectivity index (χ0n) is 12.8. The summed E-state index contributed by atoms with van der Waals surface area (Å²) >= 11 is 0. The molecule has 21 heavy (non-hydrogen) atoms. The van der Waals surface area contributed by atoms with Gasteiger partial charge in [-0.05, 0) is 45.1 Å². The van der Waals surface area contributed by atoms with Gasteiger partial charge in [0.1, 0.15) is 0 Å². The molecule has 2 aliphatic rings. The summed E-state index contributed by atoms with van der Waals surface area (Å²) in [7, 11) is -3.40. The molecular formula is C15H25N3O2S. The van der Waals surface area contributed by atoms with Gasteiger partial charge in [-0.25, -0.2) is 13.1 Å². The van der Waals surface area contributed by atoms with Gasteiger partial charge in [-0.3, -0.25) is 0 Å². The van der Waals surface area contributed by atoms with Gasteiger partial charge in [0.05, 0.1) is 4.90 Å². The quantitative estimate of drug-likeness (QED) is 0.773. The molecule has 3 rings (SSSR count). The molecule has 0 radical (unpaired) electrons. The van der Waals surface area contributed by atoms with Crippen LogP contribution in [0.5, 0.6) is 0 Å². The Labute approximate surface area is 127 Å². The van der Waals surface area contributed by atoms with E-state index in [-0.39, 0.29) is 6.04 Å². The average Bonchev–Trinajstić information content (AvgIpc) is 3.35. The molecule has 6 heteroatoms. The Morgan fingerprint density at radius 2 is 2.05 bits per heavy atom. The van der Waals surface area contributed by atoms with Crippen LogP contribution >= 0.6 is 0 Å². The molecule has 1 aromatic heterocycles. The minimum atomic E-state index is -3.40. The molecule has 1 unspecified atom stereocenters. The number of rotatable bonds is 8. The topological polar surface area (TPSA) is 63.1 Å². The van der Waals surface area contributed by atoms with Crippen molar-refractivity contribution >= 4 is 10.0 Å². The highest BCUT2D eigenvalue weighted by Gasteiger charge is 2.29. The Balaban J connectivity index is 1.79. The van der Waals surface area contributed by atoms with Crippen molar-refractivity contribution in [1.29, 1.82) is 0 Å². The first kappa shape index (κ1) is 15.1. The van der Waals surface area contributed by atoms with E-state index in [1.54, 1.807) is 0 Å². The van der Waals surface area contributed by atoms with Crippen LogP contribution in [0.1, 0.15) is 57.7 Å². The van der Waals surface area contributed by atoms with Gasteiger partial charge in [-0.1, -0.05) is 6.92 Å². The van der Waals surface area contributed by atoms with Gasteiger partial charge in [0.2, 0.25) is 10.0 Å². The van der Waals surface area contributed by atoms with Crippen LogP contribution in [-0.2, 0) is 16.6 Å². The fourth-order valence-electron chi connectivity index (χ4n) is 2.43. The molecule has 118 valence electrons. The summed E-state index contributed by atoms with van der Waals surface area (Å²) in [5.41, 5.74) is 1.09. The van der Waals surface area contributed by atoms with Crippen molar-refractivity contribution in [3.8, 4) is 0 Å². The molecule has 0 bridgehead atoms. The van der Waals surface area contributed by atoms with Crippen LogP contribution in [0.15, 0.2) is 17.2 Å². The highest BCUT2D eigenvalue weighted by molar-refractivity contribution is 7.89. The largest absolute Gasteiger partial charge is 0.346 e. The van der Waals surface area contributed by atoms with E-state index in [9.17, 15) is 8.42 Å². The molecule has 2 aliphatic carbocycles. The number of sulfonamides is 1. The van der Waals surface area contributed by atoms with Crippen molar-refractivity contribution < 1.29 is 8.42 Å². The number of hydrogen-bond donors (Lipinski definition) is 2. The van der Waals surface area contributed by atoms with Crippen molar-refractivity contribution in [2.24, 2.45) is 0 Å². The molecule has 0 spiro atoms. The number of aromatic nitrogens is 1. The predicted molar refractivity (Wildman–Crippen MR) is 82.6 cm³/mol. The summed E-state index contributed by atoms with van der Waals surface area (Å²) in [6.07, 6.45) is 7.40. The summed E-state index contributed by atoms with van der Waals surface area (Å²) in [6.45, 7) is 4.64. The van der Waals surface area contributed by atoms with Crippen LogP contribution in [0.2, 0.25) is 0 Å². The predicted octanol–water partition coefficient (Wildman–Crippen LogP) is 2.15. The van der Waals surface area contributed by atoms with Crippen LogP contribution in [0, 0.1) is 0 Å². The van der Waals surface area contributed by atoms with Crippen molar-refractivity contribution in [3.05, 3.63) is 18.0 Å². The number of nitrogens with zero attached hydrogens (tertiary/aromatic N) is 1. The summed E-state index contributed by atoms with van der Waals surface area (Å²) in [4.78, 5) is 0.405. The van der Waals surface area contributed by atoms with E-state index in [2.05, 4.69) is 14.6 Å². The van der Waals surface area contributed by atoms with Crippen molar-refractivity contribution in [3.63, 3.8) is 0 Å². The zero-order chi connectivity index (χ0) is 15.0. The van der Waals surface area contributed by atoms with Gasteiger partial charge in [0.15, 0.2) is 0 Å². The van der Waals surface area contributed by atoms with E-state index in [1.807, 2.05) is 26.1 Å². The van der Waals surface area contributed by atoms with Gasteiger partial charge in [-0.15, -0.1) is 0 Å². The first-order valence-corrected chi connectivity index (χ1v) is 9.44. The summed E-state index contributed by atoms with van der Waals surface area (Å²) in [6, 6.07) is 2.92. The molecule has 0 amide bonds. The standard InChI is InChI=1S/C15H25N3O2S/c1-3-11(2)17-21(19,20)15-8-14(9-16-12-4-5-12)18(10-15)13-6-7-13/h8,10-13,16-17H,3-7,9H2,1-2H3. The maximum Gasteiger partial charge on any atom is 0.242 e. The normalized spacial score (nSPS) is 20.7. The van der Waals surface area contributed by atoms with Gasteiger partial charge in [0.25, 0.3) is 0 Å². The second kappa shape index (κ2) is 5.74. The Hall–Kier alpha value is -0.850. The molecule has 2 saturated carbocycles. The maximum atomic E-state index is 12.4. The Kier molecular flexibility index (Phi) is 4.12. The van der Waals surface area contributed by atoms with Gasteiger partial charge < -0.3 is 9.88 Å². The minimum Gasteiger partial charge on any atom is -0.346 e. The van der Waals surface area contributed by atoms with Gasteiger partial charge >= 0.3 is 0 Å². The fraction of sp³-hybridized carbons (Fsp3) is 0.733. The van der Waals surface area contributed by atoms with Crippen LogP contribution in [0.25, 0.3) is 0 Å². The SMILES string of the molecule is CCC(C)NS(=O)(=O)c1cc(CNC2CC2)n(C2CC2)c1.